The first-order valence-corrected chi connectivity index (χ1v) is 7.92. The Balaban J connectivity index is 1.70. The lowest BCUT2D eigenvalue weighted by atomic mass is 10.0. The molecule has 0 spiro atoms. The number of rotatable bonds is 4. The van der Waals surface area contributed by atoms with Crippen molar-refractivity contribution in [3.8, 4) is 11.1 Å². The van der Waals surface area contributed by atoms with E-state index in [1.165, 1.54) is 4.90 Å². The molecule has 0 radical (unpaired) electrons. The first-order chi connectivity index (χ1) is 11.5. The maximum absolute atomic E-state index is 13.5. The van der Waals surface area contributed by atoms with Gasteiger partial charge in [0.25, 0.3) is 0 Å². The van der Waals surface area contributed by atoms with Crippen LogP contribution in [0.25, 0.3) is 11.1 Å². The van der Waals surface area contributed by atoms with Crippen molar-refractivity contribution in [2.75, 3.05) is 6.54 Å². The number of hydrogen-bond acceptors (Lipinski definition) is 2. The summed E-state index contributed by atoms with van der Waals surface area (Å²) in [6.45, 7) is -0.0610. The number of carbonyl (C=O) groups is 2. The van der Waals surface area contributed by atoms with Crippen molar-refractivity contribution in [2.45, 2.75) is 25.1 Å². The summed E-state index contributed by atoms with van der Waals surface area (Å²) >= 11 is 0. The number of hydrogen-bond donors (Lipinski definition) is 1. The highest BCUT2D eigenvalue weighted by molar-refractivity contribution is 5.88. The monoisotopic (exact) mass is 326 g/mol. The van der Waals surface area contributed by atoms with E-state index in [1.807, 2.05) is 54.6 Å². The molecule has 5 heteroatoms. The Labute approximate surface area is 140 Å². The molecule has 2 atom stereocenters. The van der Waals surface area contributed by atoms with Gasteiger partial charge in [-0.1, -0.05) is 54.6 Å². The Morgan fingerprint density at radius 1 is 1.04 bits per heavy atom. The average molecular weight is 326 g/mol. The van der Waals surface area contributed by atoms with Crippen molar-refractivity contribution in [3.63, 3.8) is 0 Å². The number of halogens is 1. The zero-order valence-corrected chi connectivity index (χ0v) is 13.2. The van der Waals surface area contributed by atoms with E-state index in [0.29, 0.717) is 0 Å². The largest absolute Gasteiger partial charge is 0.368 e. The number of alkyl halides is 1. The number of primary amides is 1. The molecule has 0 saturated carbocycles. The van der Waals surface area contributed by atoms with Crippen LogP contribution in [-0.4, -0.2) is 35.5 Å². The van der Waals surface area contributed by atoms with Crippen LogP contribution in [0, 0.1) is 0 Å². The van der Waals surface area contributed by atoms with E-state index < -0.39 is 18.1 Å². The Hall–Kier alpha value is -2.69. The fraction of sp³-hybridized carbons (Fsp3) is 0.263. The summed E-state index contributed by atoms with van der Waals surface area (Å²) in [5, 5.41) is 0. The van der Waals surface area contributed by atoms with Gasteiger partial charge in [0.15, 0.2) is 0 Å². The van der Waals surface area contributed by atoms with Crippen LogP contribution in [0.15, 0.2) is 54.6 Å². The number of amides is 2. The van der Waals surface area contributed by atoms with Crippen LogP contribution in [0.3, 0.4) is 0 Å². The summed E-state index contributed by atoms with van der Waals surface area (Å²) in [6.07, 6.45) is -1.06. The van der Waals surface area contributed by atoms with Gasteiger partial charge in [-0.15, -0.1) is 0 Å². The number of carbonyl (C=O) groups excluding carboxylic acids is 2. The van der Waals surface area contributed by atoms with Gasteiger partial charge in [0.2, 0.25) is 11.8 Å². The fourth-order valence-corrected chi connectivity index (χ4v) is 3.05. The first-order valence-electron chi connectivity index (χ1n) is 7.92. The van der Waals surface area contributed by atoms with E-state index in [-0.39, 0.29) is 25.3 Å². The second-order valence-corrected chi connectivity index (χ2v) is 6.04. The zero-order valence-electron chi connectivity index (χ0n) is 13.2. The van der Waals surface area contributed by atoms with Crippen molar-refractivity contribution in [2.24, 2.45) is 5.73 Å². The Morgan fingerprint density at radius 3 is 2.29 bits per heavy atom. The summed E-state index contributed by atoms with van der Waals surface area (Å²) in [5.41, 5.74) is 8.25. The molecular formula is C19H19FN2O2. The van der Waals surface area contributed by atoms with Crippen LogP contribution in [0.2, 0.25) is 0 Å². The standard InChI is InChI=1S/C19H19FN2O2/c20-16-11-17(19(21)24)22(12-16)18(23)10-13-6-8-15(9-7-13)14-4-2-1-3-5-14/h1-9,16-17H,10-12H2,(H2,21,24)/t16-,17+/m1/s1. The lowest BCUT2D eigenvalue weighted by Crippen LogP contribution is -2.44. The van der Waals surface area contributed by atoms with Crippen LogP contribution >= 0.6 is 0 Å². The van der Waals surface area contributed by atoms with E-state index in [9.17, 15) is 14.0 Å². The van der Waals surface area contributed by atoms with Crippen molar-refractivity contribution >= 4 is 11.8 Å². The van der Waals surface area contributed by atoms with Crippen LogP contribution in [-0.2, 0) is 16.0 Å². The Kier molecular flexibility index (Phi) is 4.60. The Bertz CT molecular complexity index is 731. The van der Waals surface area contributed by atoms with Gasteiger partial charge < -0.3 is 10.6 Å². The lowest BCUT2D eigenvalue weighted by Gasteiger charge is -2.21. The van der Waals surface area contributed by atoms with Gasteiger partial charge in [0.1, 0.15) is 12.2 Å². The molecule has 0 unspecified atom stereocenters. The molecule has 1 fully saturated rings. The molecule has 124 valence electrons. The molecule has 1 aliphatic rings. The maximum Gasteiger partial charge on any atom is 0.240 e. The second-order valence-electron chi connectivity index (χ2n) is 6.04. The molecule has 0 aromatic heterocycles. The van der Waals surface area contributed by atoms with Crippen molar-refractivity contribution in [1.29, 1.82) is 0 Å². The third-order valence-corrected chi connectivity index (χ3v) is 4.32. The van der Waals surface area contributed by atoms with Gasteiger partial charge in [-0.05, 0) is 16.7 Å². The highest BCUT2D eigenvalue weighted by atomic mass is 19.1. The van der Waals surface area contributed by atoms with Crippen molar-refractivity contribution < 1.29 is 14.0 Å². The van der Waals surface area contributed by atoms with Gasteiger partial charge in [-0.25, -0.2) is 4.39 Å². The summed E-state index contributed by atoms with van der Waals surface area (Å²) < 4.78 is 13.5. The summed E-state index contributed by atoms with van der Waals surface area (Å²) in [7, 11) is 0. The molecule has 1 heterocycles. The first kappa shape index (κ1) is 16.2. The highest BCUT2D eigenvalue weighted by Crippen LogP contribution is 2.23. The van der Waals surface area contributed by atoms with Crippen LogP contribution in [0.4, 0.5) is 4.39 Å². The van der Waals surface area contributed by atoms with E-state index in [0.717, 1.165) is 16.7 Å². The molecule has 3 rings (SSSR count). The minimum Gasteiger partial charge on any atom is -0.368 e. The maximum atomic E-state index is 13.5. The molecule has 2 amide bonds. The Morgan fingerprint density at radius 2 is 1.67 bits per heavy atom. The molecule has 0 aliphatic carbocycles. The predicted molar refractivity (Wildman–Crippen MR) is 89.8 cm³/mol. The van der Waals surface area contributed by atoms with Crippen LogP contribution in [0.5, 0.6) is 0 Å². The molecule has 2 N–H and O–H groups in total. The van der Waals surface area contributed by atoms with E-state index >= 15 is 0 Å². The fourth-order valence-electron chi connectivity index (χ4n) is 3.05. The molecular weight excluding hydrogens is 307 g/mol. The quantitative estimate of drug-likeness (QED) is 0.937. The van der Waals surface area contributed by atoms with E-state index in [1.54, 1.807) is 0 Å². The normalized spacial score (nSPS) is 20.1. The van der Waals surface area contributed by atoms with Crippen molar-refractivity contribution in [3.05, 3.63) is 60.2 Å². The summed E-state index contributed by atoms with van der Waals surface area (Å²) in [5.74, 6) is -0.922. The summed E-state index contributed by atoms with van der Waals surface area (Å²) in [6, 6.07) is 16.7. The number of nitrogens with two attached hydrogens (primary N) is 1. The summed E-state index contributed by atoms with van der Waals surface area (Å²) in [4.78, 5) is 25.0. The zero-order chi connectivity index (χ0) is 17.1. The van der Waals surface area contributed by atoms with Crippen molar-refractivity contribution in [1.82, 2.24) is 4.90 Å². The van der Waals surface area contributed by atoms with Gasteiger partial charge in [-0.3, -0.25) is 9.59 Å². The third-order valence-electron chi connectivity index (χ3n) is 4.32. The molecule has 24 heavy (non-hydrogen) atoms. The number of benzene rings is 2. The second kappa shape index (κ2) is 6.83. The smallest absolute Gasteiger partial charge is 0.240 e. The molecule has 0 bridgehead atoms. The molecule has 1 aliphatic heterocycles. The van der Waals surface area contributed by atoms with Gasteiger partial charge >= 0.3 is 0 Å². The van der Waals surface area contributed by atoms with E-state index in [4.69, 9.17) is 5.73 Å². The van der Waals surface area contributed by atoms with Gasteiger partial charge in [-0.2, -0.15) is 0 Å². The predicted octanol–water partition coefficient (Wildman–Crippen LogP) is 2.32. The minimum atomic E-state index is -1.19. The molecule has 4 nitrogen and oxygen atoms in total. The lowest BCUT2D eigenvalue weighted by molar-refractivity contribution is -0.136. The molecule has 1 saturated heterocycles. The van der Waals surface area contributed by atoms with Gasteiger partial charge in [0.05, 0.1) is 13.0 Å². The van der Waals surface area contributed by atoms with Gasteiger partial charge in [0, 0.05) is 6.42 Å². The minimum absolute atomic E-state index is 0.00593. The topological polar surface area (TPSA) is 63.4 Å². The van der Waals surface area contributed by atoms with Crippen LogP contribution < -0.4 is 5.73 Å². The molecule has 2 aromatic rings. The highest BCUT2D eigenvalue weighted by Gasteiger charge is 2.38. The van der Waals surface area contributed by atoms with E-state index in [2.05, 4.69) is 0 Å². The molecule has 2 aromatic carbocycles. The number of likely N-dealkylation sites (tertiary alicyclic amines) is 1. The third kappa shape index (κ3) is 3.45. The number of nitrogens with zero attached hydrogens (tertiary/aromatic N) is 1. The average Bonchev–Trinajstić information content (AvgIpc) is 2.99. The SMILES string of the molecule is NC(=O)[C@@H]1C[C@@H](F)CN1C(=O)Cc1ccc(-c2ccccc2)cc1. The van der Waals surface area contributed by atoms with Crippen LogP contribution in [0.1, 0.15) is 12.0 Å².